The van der Waals surface area contributed by atoms with E-state index in [0.29, 0.717) is 22.0 Å². The van der Waals surface area contributed by atoms with Gasteiger partial charge in [-0.15, -0.1) is 0 Å². The van der Waals surface area contributed by atoms with Crippen LogP contribution in [0, 0.1) is 13.7 Å². The van der Waals surface area contributed by atoms with Gasteiger partial charge in [-0.2, -0.15) is 0 Å². The van der Waals surface area contributed by atoms with Gasteiger partial charge in [0.1, 0.15) is 5.52 Å². The first-order valence-corrected chi connectivity index (χ1v) is 10.3. The van der Waals surface area contributed by atoms with Gasteiger partial charge in [0.15, 0.2) is 5.58 Å². The zero-order valence-electron chi connectivity index (χ0n) is 15.3. The van der Waals surface area contributed by atoms with Crippen molar-refractivity contribution in [3.8, 4) is 11.5 Å². The van der Waals surface area contributed by atoms with Crippen LogP contribution in [0.5, 0.6) is 0 Å². The molecule has 148 valence electrons. The van der Waals surface area contributed by atoms with Crippen LogP contribution in [0.15, 0.2) is 76.1 Å². The molecule has 0 unspecified atom stereocenters. The third kappa shape index (κ3) is 4.58. The predicted octanol–water partition coefficient (Wildman–Crippen LogP) is 7.08. The van der Waals surface area contributed by atoms with Gasteiger partial charge in [0.05, 0.1) is 21.2 Å². The molecule has 1 heterocycles. The molecule has 0 amide bonds. The average molecular weight is 530 g/mol. The lowest BCUT2D eigenvalue weighted by Crippen LogP contribution is -1.86. The number of halogens is 2. The SMILES string of the molecule is O=[N+]([O-])c1ccc(/C=C/C=Nc2ccc3oc(-c4cc(I)ccc4Cl)nc3c2)cc1. The normalized spacial score (nSPS) is 11.7. The van der Waals surface area contributed by atoms with Crippen LogP contribution >= 0.6 is 34.2 Å². The first-order chi connectivity index (χ1) is 14.5. The third-order valence-electron chi connectivity index (χ3n) is 4.23. The number of rotatable bonds is 5. The van der Waals surface area contributed by atoms with E-state index in [1.54, 1.807) is 24.4 Å². The maximum absolute atomic E-state index is 10.7. The summed E-state index contributed by atoms with van der Waals surface area (Å²) in [6, 6.07) is 17.5. The molecule has 0 radical (unpaired) electrons. The van der Waals surface area contributed by atoms with Crippen molar-refractivity contribution in [2.75, 3.05) is 0 Å². The zero-order valence-corrected chi connectivity index (χ0v) is 18.2. The van der Waals surface area contributed by atoms with Gasteiger partial charge in [0.25, 0.3) is 5.69 Å². The summed E-state index contributed by atoms with van der Waals surface area (Å²) in [5.74, 6) is 0.465. The van der Waals surface area contributed by atoms with Crippen molar-refractivity contribution in [3.05, 3.63) is 91.0 Å². The molecule has 0 saturated carbocycles. The molecule has 0 aliphatic rings. The van der Waals surface area contributed by atoms with Crippen LogP contribution in [0.1, 0.15) is 5.56 Å². The Balaban J connectivity index is 1.52. The van der Waals surface area contributed by atoms with Gasteiger partial charge < -0.3 is 4.42 Å². The van der Waals surface area contributed by atoms with Crippen LogP contribution in [0.2, 0.25) is 5.02 Å². The Morgan fingerprint density at radius 2 is 1.90 bits per heavy atom. The highest BCUT2D eigenvalue weighted by atomic mass is 127. The second kappa shape index (κ2) is 8.76. The Morgan fingerprint density at radius 1 is 1.10 bits per heavy atom. The fourth-order valence-electron chi connectivity index (χ4n) is 2.76. The first-order valence-electron chi connectivity index (χ1n) is 8.81. The third-order valence-corrected chi connectivity index (χ3v) is 5.23. The van der Waals surface area contributed by atoms with E-state index in [1.165, 1.54) is 12.1 Å². The molecule has 4 rings (SSSR count). The molecule has 30 heavy (non-hydrogen) atoms. The summed E-state index contributed by atoms with van der Waals surface area (Å²) in [6.07, 6.45) is 5.24. The number of hydrogen-bond donors (Lipinski definition) is 0. The van der Waals surface area contributed by atoms with Crippen molar-refractivity contribution in [2.45, 2.75) is 0 Å². The number of fused-ring (bicyclic) bond motifs is 1. The smallest absolute Gasteiger partial charge is 0.269 e. The van der Waals surface area contributed by atoms with Gasteiger partial charge in [-0.05, 0) is 82.8 Å². The number of aromatic nitrogens is 1. The minimum absolute atomic E-state index is 0.0626. The Morgan fingerprint density at radius 3 is 2.67 bits per heavy atom. The number of non-ortho nitro benzene ring substituents is 1. The molecule has 1 aromatic heterocycles. The van der Waals surface area contributed by atoms with Crippen LogP contribution in [0.25, 0.3) is 28.6 Å². The molecule has 0 N–H and O–H groups in total. The second-order valence-corrected chi connectivity index (χ2v) is 7.93. The van der Waals surface area contributed by atoms with Crippen molar-refractivity contribution in [2.24, 2.45) is 4.99 Å². The van der Waals surface area contributed by atoms with Crippen molar-refractivity contribution in [3.63, 3.8) is 0 Å². The summed E-state index contributed by atoms with van der Waals surface area (Å²) >= 11 is 8.50. The van der Waals surface area contributed by atoms with Crippen LogP contribution in [-0.2, 0) is 0 Å². The fourth-order valence-corrected chi connectivity index (χ4v) is 3.45. The van der Waals surface area contributed by atoms with Gasteiger partial charge in [0, 0.05) is 21.9 Å². The minimum atomic E-state index is -0.424. The molecule has 0 fully saturated rings. The number of allylic oxidation sites excluding steroid dienone is 1. The highest BCUT2D eigenvalue weighted by Crippen LogP contribution is 2.32. The lowest BCUT2D eigenvalue weighted by molar-refractivity contribution is -0.384. The monoisotopic (exact) mass is 529 g/mol. The molecular weight excluding hydrogens is 517 g/mol. The molecule has 3 aromatic carbocycles. The van der Waals surface area contributed by atoms with E-state index in [9.17, 15) is 10.1 Å². The summed E-state index contributed by atoms with van der Waals surface area (Å²) in [5.41, 5.74) is 3.72. The maximum Gasteiger partial charge on any atom is 0.269 e. The summed E-state index contributed by atoms with van der Waals surface area (Å²) in [4.78, 5) is 19.2. The molecule has 0 aliphatic heterocycles. The van der Waals surface area contributed by atoms with Crippen molar-refractivity contribution in [1.29, 1.82) is 0 Å². The number of nitro benzene ring substituents is 1. The number of oxazole rings is 1. The van der Waals surface area contributed by atoms with Gasteiger partial charge in [-0.25, -0.2) is 4.98 Å². The molecule has 0 spiro atoms. The predicted molar refractivity (Wildman–Crippen MR) is 127 cm³/mol. The zero-order chi connectivity index (χ0) is 21.1. The minimum Gasteiger partial charge on any atom is -0.436 e. The van der Waals surface area contributed by atoms with Gasteiger partial charge >= 0.3 is 0 Å². The Kier molecular flexibility index (Phi) is 5.91. The van der Waals surface area contributed by atoms with Crippen LogP contribution < -0.4 is 0 Å². The lowest BCUT2D eigenvalue weighted by Gasteiger charge is -1.99. The largest absolute Gasteiger partial charge is 0.436 e. The summed E-state index contributed by atoms with van der Waals surface area (Å²) < 4.78 is 6.88. The van der Waals surface area contributed by atoms with E-state index in [0.717, 1.165) is 20.4 Å². The Hall–Kier alpha value is -3.04. The van der Waals surface area contributed by atoms with Gasteiger partial charge in [0.2, 0.25) is 5.89 Å². The molecule has 6 nitrogen and oxygen atoms in total. The fraction of sp³-hybridized carbons (Fsp3) is 0. The van der Waals surface area contributed by atoms with E-state index in [-0.39, 0.29) is 5.69 Å². The van der Waals surface area contributed by atoms with Crippen molar-refractivity contribution >= 4 is 69.0 Å². The van der Waals surface area contributed by atoms with E-state index in [2.05, 4.69) is 32.6 Å². The maximum atomic E-state index is 10.7. The van der Waals surface area contributed by atoms with Gasteiger partial charge in [-0.1, -0.05) is 17.7 Å². The molecule has 8 heteroatoms. The van der Waals surface area contributed by atoms with Crippen molar-refractivity contribution in [1.82, 2.24) is 4.98 Å². The standard InChI is InChI=1S/C22H13ClIN3O3/c23-19-9-5-15(24)12-18(19)22-26-20-13-16(6-10-21(20)30-22)25-11-1-2-14-3-7-17(8-4-14)27(28)29/h1-13H/b2-1+,25-11?. The van der Waals surface area contributed by atoms with E-state index >= 15 is 0 Å². The molecule has 4 aromatic rings. The van der Waals surface area contributed by atoms with Crippen molar-refractivity contribution < 1.29 is 9.34 Å². The van der Waals surface area contributed by atoms with E-state index < -0.39 is 4.92 Å². The van der Waals surface area contributed by atoms with Crippen LogP contribution in [0.3, 0.4) is 0 Å². The number of hydrogen-bond acceptors (Lipinski definition) is 5. The van der Waals surface area contributed by atoms with Gasteiger partial charge in [-0.3, -0.25) is 15.1 Å². The topological polar surface area (TPSA) is 81.5 Å². The summed E-state index contributed by atoms with van der Waals surface area (Å²) in [6.45, 7) is 0. The number of aliphatic imine (C=N–C) groups is 1. The first kappa shape index (κ1) is 20.2. The molecule has 0 bridgehead atoms. The molecular formula is C22H13ClIN3O3. The average Bonchev–Trinajstić information content (AvgIpc) is 3.16. The summed E-state index contributed by atoms with van der Waals surface area (Å²) in [7, 11) is 0. The Labute approximate surface area is 190 Å². The number of nitro groups is 1. The lowest BCUT2D eigenvalue weighted by atomic mass is 10.2. The second-order valence-electron chi connectivity index (χ2n) is 6.28. The molecule has 0 saturated heterocycles. The molecule has 0 atom stereocenters. The quantitative estimate of drug-likeness (QED) is 0.120. The Bertz CT molecular complexity index is 1300. The van der Waals surface area contributed by atoms with Crippen LogP contribution in [0.4, 0.5) is 11.4 Å². The summed E-state index contributed by atoms with van der Waals surface area (Å²) in [5, 5.41) is 11.3. The van der Waals surface area contributed by atoms with Crippen LogP contribution in [-0.4, -0.2) is 16.1 Å². The highest BCUT2D eigenvalue weighted by Gasteiger charge is 2.12. The number of benzene rings is 3. The highest BCUT2D eigenvalue weighted by molar-refractivity contribution is 14.1. The molecule has 0 aliphatic carbocycles. The number of nitrogens with zero attached hydrogens (tertiary/aromatic N) is 3. The van der Waals surface area contributed by atoms with E-state index in [4.69, 9.17) is 16.0 Å². The van der Waals surface area contributed by atoms with E-state index in [1.807, 2.05) is 42.5 Å².